The largest absolute Gasteiger partial charge is 0.0885 e. The third kappa shape index (κ3) is 22.3. The van der Waals surface area contributed by atoms with Crippen LogP contribution in [0, 0.1) is 0 Å². The van der Waals surface area contributed by atoms with Gasteiger partial charge in [0.05, 0.1) is 0 Å². The van der Waals surface area contributed by atoms with Crippen molar-refractivity contribution in [2.45, 2.75) is 173 Å². The van der Waals surface area contributed by atoms with E-state index in [4.69, 9.17) is 0 Å². The Bertz CT molecular complexity index is 286. The van der Waals surface area contributed by atoms with Gasteiger partial charge in [0.25, 0.3) is 0 Å². The van der Waals surface area contributed by atoms with Gasteiger partial charge >= 0.3 is 0 Å². The molecule has 0 aromatic rings. The lowest BCUT2D eigenvalue weighted by atomic mass is 10.0. The van der Waals surface area contributed by atoms with Gasteiger partial charge in [-0.2, -0.15) is 0 Å². The molecule has 0 saturated heterocycles. The Balaban J connectivity index is 2.04. The monoisotopic (exact) mass is 404 g/mol. The molecule has 172 valence electrons. The van der Waals surface area contributed by atoms with Crippen molar-refractivity contribution < 1.29 is 0 Å². The fourth-order valence-corrected chi connectivity index (χ4v) is 4.83. The summed E-state index contributed by atoms with van der Waals surface area (Å²) in [5, 5.41) is 0. The zero-order chi connectivity index (χ0) is 20.5. The van der Waals surface area contributed by atoms with E-state index in [1.807, 2.05) is 0 Å². The molecule has 0 amide bonds. The van der Waals surface area contributed by atoms with Gasteiger partial charge in [-0.25, -0.2) is 0 Å². The van der Waals surface area contributed by atoms with E-state index in [2.05, 4.69) is 12.2 Å². The molecule has 1 aliphatic carbocycles. The van der Waals surface area contributed by atoms with Crippen LogP contribution < -0.4 is 0 Å². The highest BCUT2D eigenvalue weighted by molar-refractivity contribution is 4.81. The van der Waals surface area contributed by atoms with Gasteiger partial charge in [0.2, 0.25) is 0 Å². The predicted molar refractivity (Wildman–Crippen MR) is 134 cm³/mol. The van der Waals surface area contributed by atoms with Crippen molar-refractivity contribution in [2.75, 3.05) is 0 Å². The minimum atomic E-state index is 1.32. The molecule has 0 radical (unpaired) electrons. The van der Waals surface area contributed by atoms with Gasteiger partial charge in [-0.15, -0.1) is 0 Å². The van der Waals surface area contributed by atoms with Gasteiger partial charge in [-0.1, -0.05) is 160 Å². The molecular weight excluding hydrogens is 348 g/mol. The van der Waals surface area contributed by atoms with Crippen LogP contribution >= 0.6 is 0 Å². The fourth-order valence-electron chi connectivity index (χ4n) is 4.83. The lowest BCUT2D eigenvalue weighted by Crippen LogP contribution is -1.84. The van der Waals surface area contributed by atoms with Crippen LogP contribution in [0.1, 0.15) is 173 Å². The molecule has 1 rings (SSSR count). The third-order valence-corrected chi connectivity index (χ3v) is 6.91. The van der Waals surface area contributed by atoms with E-state index in [1.54, 1.807) is 0 Å². The third-order valence-electron chi connectivity index (χ3n) is 6.91. The average molecular weight is 405 g/mol. The number of hydrogen-bond donors (Lipinski definition) is 0. The number of allylic oxidation sites excluding steroid dienone is 2. The Labute approximate surface area is 185 Å². The van der Waals surface area contributed by atoms with Crippen LogP contribution in [0.3, 0.4) is 0 Å². The molecule has 0 atom stereocenters. The van der Waals surface area contributed by atoms with Gasteiger partial charge < -0.3 is 0 Å². The molecule has 29 heavy (non-hydrogen) atoms. The second-order valence-corrected chi connectivity index (χ2v) is 9.89. The maximum Gasteiger partial charge on any atom is -0.0351 e. The first kappa shape index (κ1) is 26.8. The van der Waals surface area contributed by atoms with Gasteiger partial charge in [-0.3, -0.25) is 0 Å². The predicted octanol–water partition coefficient (Wildman–Crippen LogP) is 11.1. The second kappa shape index (κ2) is 24.0. The van der Waals surface area contributed by atoms with Gasteiger partial charge in [0.15, 0.2) is 0 Å². The van der Waals surface area contributed by atoms with Crippen LogP contribution in [0.5, 0.6) is 0 Å². The van der Waals surface area contributed by atoms with Crippen LogP contribution in [0.25, 0.3) is 0 Å². The molecule has 0 spiro atoms. The number of rotatable bonds is 0. The van der Waals surface area contributed by atoms with Crippen LogP contribution in [-0.2, 0) is 0 Å². The molecule has 0 aliphatic heterocycles. The first-order valence-corrected chi connectivity index (χ1v) is 14.1. The highest BCUT2D eigenvalue weighted by Gasteiger charge is 1.96. The van der Waals surface area contributed by atoms with Crippen LogP contribution in [0.4, 0.5) is 0 Å². The zero-order valence-corrected chi connectivity index (χ0v) is 20.2. The molecule has 0 unspecified atom stereocenters. The minimum Gasteiger partial charge on any atom is -0.0885 e. The fraction of sp³-hybridized carbons (Fsp3) is 0.931. The normalized spacial score (nSPS) is 23.4. The molecule has 0 saturated carbocycles. The highest BCUT2D eigenvalue weighted by atomic mass is 14.0. The zero-order valence-electron chi connectivity index (χ0n) is 20.2. The van der Waals surface area contributed by atoms with E-state index in [9.17, 15) is 0 Å². The van der Waals surface area contributed by atoms with Crippen molar-refractivity contribution >= 4 is 0 Å². The highest BCUT2D eigenvalue weighted by Crippen LogP contribution is 2.16. The molecule has 0 bridgehead atoms. The van der Waals surface area contributed by atoms with Crippen molar-refractivity contribution in [1.82, 2.24) is 0 Å². The van der Waals surface area contributed by atoms with Crippen molar-refractivity contribution in [3.63, 3.8) is 0 Å². The lowest BCUT2D eigenvalue weighted by molar-refractivity contribution is 0.516. The van der Waals surface area contributed by atoms with Crippen molar-refractivity contribution in [3.8, 4) is 0 Å². The van der Waals surface area contributed by atoms with Crippen LogP contribution in [0.2, 0.25) is 0 Å². The van der Waals surface area contributed by atoms with Crippen LogP contribution in [-0.4, -0.2) is 0 Å². The molecule has 1 aliphatic rings. The first-order valence-electron chi connectivity index (χ1n) is 14.1. The Hall–Kier alpha value is -0.260. The quantitative estimate of drug-likeness (QED) is 0.352. The Morgan fingerprint density at radius 1 is 0.172 bits per heavy atom. The SMILES string of the molecule is C1=CCCCCCCCCCCCCCCCCCCCCCCCCCCC1. The Morgan fingerprint density at radius 3 is 0.483 bits per heavy atom. The van der Waals surface area contributed by atoms with Crippen LogP contribution in [0.15, 0.2) is 12.2 Å². The maximum atomic E-state index is 2.46. The van der Waals surface area contributed by atoms with Gasteiger partial charge in [-0.05, 0) is 25.7 Å². The minimum absolute atomic E-state index is 1.32. The summed E-state index contributed by atoms with van der Waals surface area (Å²) in [5.74, 6) is 0. The molecular formula is C29H56. The molecule has 0 fully saturated rings. The first-order chi connectivity index (χ1) is 14.5. The summed E-state index contributed by atoms with van der Waals surface area (Å²) in [6.07, 6.45) is 44.5. The summed E-state index contributed by atoms with van der Waals surface area (Å²) in [6, 6.07) is 0. The smallest absolute Gasteiger partial charge is 0.0351 e. The average Bonchev–Trinajstić information content (AvgIpc) is 2.73. The second-order valence-electron chi connectivity index (χ2n) is 9.89. The summed E-state index contributed by atoms with van der Waals surface area (Å²) in [7, 11) is 0. The molecule has 0 heteroatoms. The van der Waals surface area contributed by atoms with E-state index in [1.165, 1.54) is 173 Å². The standard InChI is InChI=1S/C29H56/c1-2-4-6-8-10-12-14-16-18-20-22-24-26-28-29-27-25-23-21-19-17-15-13-11-9-7-5-3-1/h1-2H,3-29H2. The summed E-state index contributed by atoms with van der Waals surface area (Å²) in [4.78, 5) is 0. The van der Waals surface area contributed by atoms with Crippen molar-refractivity contribution in [3.05, 3.63) is 12.2 Å². The van der Waals surface area contributed by atoms with E-state index in [0.29, 0.717) is 0 Å². The van der Waals surface area contributed by atoms with E-state index in [0.717, 1.165) is 0 Å². The Morgan fingerprint density at radius 2 is 0.310 bits per heavy atom. The maximum absolute atomic E-state index is 2.46. The number of hydrogen-bond acceptors (Lipinski definition) is 0. The van der Waals surface area contributed by atoms with Crippen molar-refractivity contribution in [1.29, 1.82) is 0 Å². The summed E-state index contributed by atoms with van der Waals surface area (Å²) < 4.78 is 0. The Kier molecular flexibility index (Phi) is 22.2. The van der Waals surface area contributed by atoms with E-state index in [-0.39, 0.29) is 0 Å². The topological polar surface area (TPSA) is 0 Å². The van der Waals surface area contributed by atoms with Crippen molar-refractivity contribution in [2.24, 2.45) is 0 Å². The summed E-state index contributed by atoms with van der Waals surface area (Å²) in [6.45, 7) is 0. The molecule has 0 aromatic carbocycles. The van der Waals surface area contributed by atoms with E-state index >= 15 is 0 Å². The molecule has 0 N–H and O–H groups in total. The molecule has 0 nitrogen and oxygen atoms in total. The molecule has 0 heterocycles. The summed E-state index contributed by atoms with van der Waals surface area (Å²) in [5.41, 5.74) is 0. The lowest BCUT2D eigenvalue weighted by Gasteiger charge is -2.04. The van der Waals surface area contributed by atoms with E-state index < -0.39 is 0 Å². The van der Waals surface area contributed by atoms with Gasteiger partial charge in [0.1, 0.15) is 0 Å². The van der Waals surface area contributed by atoms with Gasteiger partial charge in [0, 0.05) is 0 Å². The summed E-state index contributed by atoms with van der Waals surface area (Å²) >= 11 is 0. The molecule has 0 aromatic heterocycles.